The van der Waals surface area contributed by atoms with Gasteiger partial charge in [-0.3, -0.25) is 0 Å². The van der Waals surface area contributed by atoms with Gasteiger partial charge in [0, 0.05) is 19.7 Å². The lowest BCUT2D eigenvalue weighted by Gasteiger charge is -2.20. The van der Waals surface area contributed by atoms with Gasteiger partial charge in [0.2, 0.25) is 0 Å². The average molecular weight is 217 g/mol. The first-order valence-electron chi connectivity index (χ1n) is 5.74. The summed E-state index contributed by atoms with van der Waals surface area (Å²) in [4.78, 5) is 2.19. The van der Waals surface area contributed by atoms with Crippen LogP contribution in [0.4, 0.5) is 0 Å². The van der Waals surface area contributed by atoms with Crippen molar-refractivity contribution in [2.45, 2.75) is 32.5 Å². The fourth-order valence-corrected chi connectivity index (χ4v) is 1.88. The number of β-amino-alcohol motifs (C(OH)–C–C–N with tert-alkyl or cyclic N) is 1. The number of hydrogen-bond acceptors (Lipinski definition) is 4. The van der Waals surface area contributed by atoms with Crippen LogP contribution in [-0.4, -0.2) is 60.2 Å². The summed E-state index contributed by atoms with van der Waals surface area (Å²) < 4.78 is 5.34. The number of aliphatic hydroxyl groups is 2. The van der Waals surface area contributed by atoms with Gasteiger partial charge in [0.25, 0.3) is 0 Å². The van der Waals surface area contributed by atoms with E-state index in [1.54, 1.807) is 0 Å². The molecule has 0 aromatic carbocycles. The Morgan fingerprint density at radius 2 is 2.20 bits per heavy atom. The molecule has 0 aromatic heterocycles. The third-order valence-corrected chi connectivity index (χ3v) is 2.72. The zero-order chi connectivity index (χ0) is 11.3. The molecule has 2 N–H and O–H groups in total. The van der Waals surface area contributed by atoms with Gasteiger partial charge in [0.1, 0.15) is 0 Å². The van der Waals surface area contributed by atoms with Crippen LogP contribution in [0.3, 0.4) is 0 Å². The van der Waals surface area contributed by atoms with E-state index in [0.29, 0.717) is 19.1 Å². The van der Waals surface area contributed by atoms with Crippen LogP contribution in [0.5, 0.6) is 0 Å². The third-order valence-electron chi connectivity index (χ3n) is 2.72. The predicted molar refractivity (Wildman–Crippen MR) is 58.7 cm³/mol. The molecule has 1 heterocycles. The Balaban J connectivity index is 2.13. The van der Waals surface area contributed by atoms with Gasteiger partial charge in [0.05, 0.1) is 18.8 Å². The fourth-order valence-electron chi connectivity index (χ4n) is 1.88. The monoisotopic (exact) mass is 217 g/mol. The van der Waals surface area contributed by atoms with Crippen molar-refractivity contribution in [1.82, 2.24) is 4.90 Å². The minimum Gasteiger partial charge on any atom is -0.396 e. The Kier molecular flexibility index (Phi) is 5.53. The summed E-state index contributed by atoms with van der Waals surface area (Å²) in [6, 6.07) is 0. The summed E-state index contributed by atoms with van der Waals surface area (Å²) in [5.41, 5.74) is 0. The smallest absolute Gasteiger partial charge is 0.0900 e. The maximum absolute atomic E-state index is 9.69. The number of ether oxygens (including phenoxy) is 1. The van der Waals surface area contributed by atoms with E-state index >= 15 is 0 Å². The normalized spacial score (nSPS) is 25.0. The molecule has 0 aromatic rings. The zero-order valence-electron chi connectivity index (χ0n) is 9.72. The van der Waals surface area contributed by atoms with E-state index in [1.807, 2.05) is 13.8 Å². The number of hydrogen-bond donors (Lipinski definition) is 2. The van der Waals surface area contributed by atoms with Crippen molar-refractivity contribution in [3.05, 3.63) is 0 Å². The minimum absolute atomic E-state index is 0.170. The standard InChI is InChI=1S/C11H23NO3/c1-9(2)15-8-11(14)6-12-4-3-10(5-12)7-13/h9-11,13-14H,3-8H2,1-2H3. The lowest BCUT2D eigenvalue weighted by molar-refractivity contribution is -0.00640. The van der Waals surface area contributed by atoms with E-state index in [9.17, 15) is 5.11 Å². The lowest BCUT2D eigenvalue weighted by atomic mass is 10.1. The Morgan fingerprint density at radius 1 is 1.47 bits per heavy atom. The first-order valence-corrected chi connectivity index (χ1v) is 5.74. The van der Waals surface area contributed by atoms with E-state index in [1.165, 1.54) is 0 Å². The van der Waals surface area contributed by atoms with E-state index in [4.69, 9.17) is 9.84 Å². The van der Waals surface area contributed by atoms with E-state index in [0.717, 1.165) is 19.5 Å². The van der Waals surface area contributed by atoms with Crippen LogP contribution in [0.1, 0.15) is 20.3 Å². The molecule has 4 heteroatoms. The van der Waals surface area contributed by atoms with Crippen LogP contribution in [0.15, 0.2) is 0 Å². The maximum atomic E-state index is 9.69. The summed E-state index contributed by atoms with van der Waals surface area (Å²) in [7, 11) is 0. The van der Waals surface area contributed by atoms with Gasteiger partial charge >= 0.3 is 0 Å². The second kappa shape index (κ2) is 6.43. The summed E-state index contributed by atoms with van der Waals surface area (Å²) in [5, 5.41) is 18.7. The number of nitrogens with zero attached hydrogens (tertiary/aromatic N) is 1. The van der Waals surface area contributed by atoms with Gasteiger partial charge in [-0.2, -0.15) is 0 Å². The van der Waals surface area contributed by atoms with E-state index in [-0.39, 0.29) is 12.7 Å². The van der Waals surface area contributed by atoms with Gasteiger partial charge in [0.15, 0.2) is 0 Å². The lowest BCUT2D eigenvalue weighted by Crippen LogP contribution is -2.34. The van der Waals surface area contributed by atoms with Gasteiger partial charge in [-0.25, -0.2) is 0 Å². The molecule has 0 radical (unpaired) electrons. The average Bonchev–Trinajstić information content (AvgIpc) is 2.62. The highest BCUT2D eigenvalue weighted by Gasteiger charge is 2.23. The van der Waals surface area contributed by atoms with Gasteiger partial charge < -0.3 is 19.8 Å². The molecule has 0 aliphatic carbocycles. The molecule has 0 saturated carbocycles. The Hall–Kier alpha value is -0.160. The minimum atomic E-state index is -0.412. The maximum Gasteiger partial charge on any atom is 0.0900 e. The molecule has 2 atom stereocenters. The number of rotatable bonds is 6. The van der Waals surface area contributed by atoms with Gasteiger partial charge in [-0.15, -0.1) is 0 Å². The van der Waals surface area contributed by atoms with E-state index in [2.05, 4.69) is 4.90 Å². The van der Waals surface area contributed by atoms with Crippen molar-refractivity contribution < 1.29 is 14.9 Å². The molecule has 0 spiro atoms. The number of aliphatic hydroxyl groups excluding tert-OH is 2. The Labute approximate surface area is 91.8 Å². The van der Waals surface area contributed by atoms with Crippen LogP contribution in [0.25, 0.3) is 0 Å². The second-order valence-electron chi connectivity index (χ2n) is 4.63. The highest BCUT2D eigenvalue weighted by molar-refractivity contribution is 4.76. The molecule has 0 amide bonds. The van der Waals surface area contributed by atoms with Crippen LogP contribution in [-0.2, 0) is 4.74 Å². The van der Waals surface area contributed by atoms with Gasteiger partial charge in [-0.1, -0.05) is 0 Å². The molecule has 15 heavy (non-hydrogen) atoms. The molecule has 2 unspecified atom stereocenters. The topological polar surface area (TPSA) is 52.9 Å². The van der Waals surface area contributed by atoms with Crippen molar-refractivity contribution in [2.75, 3.05) is 32.8 Å². The van der Waals surface area contributed by atoms with Gasteiger partial charge in [-0.05, 0) is 32.7 Å². The number of likely N-dealkylation sites (tertiary alicyclic amines) is 1. The fraction of sp³-hybridized carbons (Fsp3) is 1.00. The first-order chi connectivity index (χ1) is 7.11. The largest absolute Gasteiger partial charge is 0.396 e. The first kappa shape index (κ1) is 12.9. The zero-order valence-corrected chi connectivity index (χ0v) is 9.72. The van der Waals surface area contributed by atoms with Crippen LogP contribution >= 0.6 is 0 Å². The predicted octanol–water partition coefficient (Wildman–Crippen LogP) is 0.0865. The molecule has 1 fully saturated rings. The van der Waals surface area contributed by atoms with Crippen molar-refractivity contribution in [1.29, 1.82) is 0 Å². The molecule has 1 saturated heterocycles. The van der Waals surface area contributed by atoms with Crippen LogP contribution < -0.4 is 0 Å². The van der Waals surface area contributed by atoms with Crippen molar-refractivity contribution in [3.63, 3.8) is 0 Å². The molecule has 1 aliphatic rings. The summed E-state index contributed by atoms with van der Waals surface area (Å²) in [6.07, 6.45) is 0.794. The summed E-state index contributed by atoms with van der Waals surface area (Å²) in [5.74, 6) is 0.392. The molecule has 1 rings (SSSR count). The van der Waals surface area contributed by atoms with Crippen LogP contribution in [0.2, 0.25) is 0 Å². The molecule has 0 bridgehead atoms. The third kappa shape index (κ3) is 4.93. The quantitative estimate of drug-likeness (QED) is 0.662. The summed E-state index contributed by atoms with van der Waals surface area (Å²) >= 11 is 0. The van der Waals surface area contributed by atoms with Crippen LogP contribution in [0, 0.1) is 5.92 Å². The highest BCUT2D eigenvalue weighted by Crippen LogP contribution is 2.15. The molecule has 4 nitrogen and oxygen atoms in total. The SMILES string of the molecule is CC(C)OCC(O)CN1CCC(CO)C1. The molecular formula is C11H23NO3. The molecule has 90 valence electrons. The molecule has 1 aliphatic heterocycles. The van der Waals surface area contributed by atoms with E-state index < -0.39 is 6.10 Å². The highest BCUT2D eigenvalue weighted by atomic mass is 16.5. The Bertz CT molecular complexity index is 175. The summed E-state index contributed by atoms with van der Waals surface area (Å²) in [6.45, 7) is 7.12. The Morgan fingerprint density at radius 3 is 2.73 bits per heavy atom. The van der Waals surface area contributed by atoms with Crippen molar-refractivity contribution in [3.8, 4) is 0 Å². The second-order valence-corrected chi connectivity index (χ2v) is 4.63. The van der Waals surface area contributed by atoms with Crippen molar-refractivity contribution >= 4 is 0 Å². The molecular weight excluding hydrogens is 194 g/mol. The van der Waals surface area contributed by atoms with Crippen molar-refractivity contribution in [2.24, 2.45) is 5.92 Å².